The summed E-state index contributed by atoms with van der Waals surface area (Å²) >= 11 is 0. The molecule has 1 heterocycles. The molecule has 0 spiro atoms. The van der Waals surface area contributed by atoms with E-state index < -0.39 is 0 Å². The van der Waals surface area contributed by atoms with Gasteiger partial charge in [-0.1, -0.05) is 31.2 Å². The van der Waals surface area contributed by atoms with Gasteiger partial charge in [0.15, 0.2) is 0 Å². The van der Waals surface area contributed by atoms with Crippen molar-refractivity contribution >= 4 is 22.7 Å². The van der Waals surface area contributed by atoms with Crippen molar-refractivity contribution in [1.82, 2.24) is 15.6 Å². The van der Waals surface area contributed by atoms with Crippen LogP contribution in [0.15, 0.2) is 54.7 Å². The van der Waals surface area contributed by atoms with E-state index in [0.29, 0.717) is 24.2 Å². The van der Waals surface area contributed by atoms with Crippen molar-refractivity contribution in [3.05, 3.63) is 71.4 Å². The summed E-state index contributed by atoms with van der Waals surface area (Å²) in [4.78, 5) is 27.6. The number of rotatable bonds is 7. The summed E-state index contributed by atoms with van der Waals surface area (Å²) in [5.74, 6) is -0.324. The molecule has 1 aromatic heterocycles. The first-order valence-electron chi connectivity index (χ1n) is 8.90. The molecule has 5 nitrogen and oxygen atoms in total. The molecule has 0 unspecified atom stereocenters. The van der Waals surface area contributed by atoms with Crippen molar-refractivity contribution in [3.8, 4) is 0 Å². The monoisotopic (exact) mass is 349 g/mol. The predicted molar refractivity (Wildman–Crippen MR) is 103 cm³/mol. The Morgan fingerprint density at radius 2 is 1.62 bits per heavy atom. The van der Waals surface area contributed by atoms with Crippen molar-refractivity contribution < 1.29 is 9.59 Å². The van der Waals surface area contributed by atoms with Crippen LogP contribution >= 0.6 is 0 Å². The molecule has 0 aliphatic heterocycles. The van der Waals surface area contributed by atoms with E-state index in [0.717, 1.165) is 18.4 Å². The fraction of sp³-hybridized carbons (Fsp3) is 0.238. The normalized spacial score (nSPS) is 10.7. The summed E-state index contributed by atoms with van der Waals surface area (Å²) in [5.41, 5.74) is 3.27. The highest BCUT2D eigenvalue weighted by Gasteiger charge is 2.10. The van der Waals surface area contributed by atoms with Crippen molar-refractivity contribution in [1.29, 1.82) is 0 Å². The zero-order chi connectivity index (χ0) is 18.4. The van der Waals surface area contributed by atoms with Crippen LogP contribution in [0.1, 0.15) is 39.6 Å². The van der Waals surface area contributed by atoms with E-state index in [-0.39, 0.29) is 11.8 Å². The van der Waals surface area contributed by atoms with Crippen LogP contribution in [0, 0.1) is 0 Å². The molecule has 0 atom stereocenters. The molecule has 0 aliphatic carbocycles. The van der Waals surface area contributed by atoms with Crippen LogP contribution in [-0.4, -0.2) is 29.9 Å². The summed E-state index contributed by atoms with van der Waals surface area (Å²) in [6.45, 7) is 3.16. The molecule has 2 aromatic carbocycles. The van der Waals surface area contributed by atoms with E-state index in [1.165, 1.54) is 10.9 Å². The first-order valence-corrected chi connectivity index (χ1v) is 8.90. The van der Waals surface area contributed by atoms with Gasteiger partial charge in [0.2, 0.25) is 0 Å². The number of hydrogen-bond donors (Lipinski definition) is 3. The van der Waals surface area contributed by atoms with Gasteiger partial charge in [-0.05, 0) is 42.7 Å². The Morgan fingerprint density at radius 3 is 2.35 bits per heavy atom. The molecule has 134 valence electrons. The SMILES string of the molecule is CCCNC(=O)c1cccc(C(=O)NCCc2c[nH]c3ccccc23)c1. The van der Waals surface area contributed by atoms with Gasteiger partial charge < -0.3 is 15.6 Å². The first-order chi connectivity index (χ1) is 12.7. The molecule has 3 aromatic rings. The maximum absolute atomic E-state index is 12.4. The molecule has 0 saturated carbocycles. The van der Waals surface area contributed by atoms with Crippen LogP contribution in [0.5, 0.6) is 0 Å². The van der Waals surface area contributed by atoms with Gasteiger partial charge in [-0.25, -0.2) is 0 Å². The Bertz CT molecular complexity index is 914. The number of H-pyrrole nitrogens is 1. The number of hydrogen-bond acceptors (Lipinski definition) is 2. The minimum absolute atomic E-state index is 0.153. The zero-order valence-electron chi connectivity index (χ0n) is 14.8. The summed E-state index contributed by atoms with van der Waals surface area (Å²) in [6.07, 6.45) is 3.60. The van der Waals surface area contributed by atoms with Gasteiger partial charge in [-0.3, -0.25) is 9.59 Å². The molecule has 0 fully saturated rings. The number of nitrogens with one attached hydrogen (secondary N) is 3. The maximum Gasteiger partial charge on any atom is 0.251 e. The van der Waals surface area contributed by atoms with E-state index >= 15 is 0 Å². The number of para-hydroxylation sites is 1. The average Bonchev–Trinajstić information content (AvgIpc) is 3.09. The van der Waals surface area contributed by atoms with Crippen LogP contribution in [0.25, 0.3) is 10.9 Å². The van der Waals surface area contributed by atoms with Crippen molar-refractivity contribution in [3.63, 3.8) is 0 Å². The Hall–Kier alpha value is -3.08. The number of aromatic amines is 1. The molecular weight excluding hydrogens is 326 g/mol. The molecular formula is C21H23N3O2. The van der Waals surface area contributed by atoms with E-state index in [2.05, 4.69) is 21.7 Å². The average molecular weight is 349 g/mol. The zero-order valence-corrected chi connectivity index (χ0v) is 14.8. The number of aromatic nitrogens is 1. The van der Waals surface area contributed by atoms with Crippen molar-refractivity contribution in [2.45, 2.75) is 19.8 Å². The number of carbonyl (C=O) groups excluding carboxylic acids is 2. The Balaban J connectivity index is 1.59. The van der Waals surface area contributed by atoms with Crippen LogP contribution in [0.2, 0.25) is 0 Å². The van der Waals surface area contributed by atoms with Crippen LogP contribution in [-0.2, 0) is 6.42 Å². The van der Waals surface area contributed by atoms with E-state index in [1.807, 2.05) is 31.3 Å². The smallest absolute Gasteiger partial charge is 0.251 e. The molecule has 5 heteroatoms. The van der Waals surface area contributed by atoms with Gasteiger partial charge in [0.1, 0.15) is 0 Å². The highest BCUT2D eigenvalue weighted by atomic mass is 16.2. The number of carbonyl (C=O) groups is 2. The van der Waals surface area contributed by atoms with Gasteiger partial charge in [-0.15, -0.1) is 0 Å². The molecule has 0 saturated heterocycles. The number of amides is 2. The van der Waals surface area contributed by atoms with E-state index in [4.69, 9.17) is 0 Å². The Labute approximate surface area is 152 Å². The Kier molecular flexibility index (Phi) is 5.69. The van der Waals surface area contributed by atoms with Crippen molar-refractivity contribution in [2.24, 2.45) is 0 Å². The van der Waals surface area contributed by atoms with Gasteiger partial charge in [0.05, 0.1) is 0 Å². The lowest BCUT2D eigenvalue weighted by molar-refractivity contribution is 0.0953. The second-order valence-electron chi connectivity index (χ2n) is 6.20. The maximum atomic E-state index is 12.4. The largest absolute Gasteiger partial charge is 0.361 e. The fourth-order valence-corrected chi connectivity index (χ4v) is 2.89. The Morgan fingerprint density at radius 1 is 0.923 bits per heavy atom. The van der Waals surface area contributed by atoms with Gasteiger partial charge in [0.25, 0.3) is 11.8 Å². The fourth-order valence-electron chi connectivity index (χ4n) is 2.89. The van der Waals surface area contributed by atoms with Crippen molar-refractivity contribution in [2.75, 3.05) is 13.1 Å². The second kappa shape index (κ2) is 8.34. The highest BCUT2D eigenvalue weighted by molar-refractivity contribution is 5.99. The van der Waals surface area contributed by atoms with E-state index in [1.54, 1.807) is 24.3 Å². The third-order valence-electron chi connectivity index (χ3n) is 4.28. The lowest BCUT2D eigenvalue weighted by atomic mass is 10.1. The molecule has 2 amide bonds. The molecule has 3 N–H and O–H groups in total. The standard InChI is InChI=1S/C21H23N3O2/c1-2-11-22-20(25)15-6-5-7-16(13-15)21(26)23-12-10-17-14-24-19-9-4-3-8-18(17)19/h3-9,13-14,24H,2,10-12H2,1H3,(H,22,25)(H,23,26). The second-order valence-corrected chi connectivity index (χ2v) is 6.20. The van der Waals surface area contributed by atoms with Crippen LogP contribution in [0.4, 0.5) is 0 Å². The molecule has 26 heavy (non-hydrogen) atoms. The lowest BCUT2D eigenvalue weighted by Gasteiger charge is -2.07. The number of fused-ring (bicyclic) bond motifs is 1. The summed E-state index contributed by atoms with van der Waals surface area (Å²) in [6, 6.07) is 14.9. The van der Waals surface area contributed by atoms with Gasteiger partial charge in [-0.2, -0.15) is 0 Å². The quantitative estimate of drug-likeness (QED) is 0.612. The minimum atomic E-state index is -0.171. The lowest BCUT2D eigenvalue weighted by Crippen LogP contribution is -2.27. The van der Waals surface area contributed by atoms with Gasteiger partial charge in [0, 0.05) is 41.3 Å². The van der Waals surface area contributed by atoms with Gasteiger partial charge >= 0.3 is 0 Å². The third-order valence-corrected chi connectivity index (χ3v) is 4.28. The van der Waals surface area contributed by atoms with Crippen LogP contribution < -0.4 is 10.6 Å². The molecule has 0 bridgehead atoms. The third kappa shape index (κ3) is 4.11. The summed E-state index contributed by atoms with van der Waals surface area (Å²) in [7, 11) is 0. The summed E-state index contributed by atoms with van der Waals surface area (Å²) in [5, 5.41) is 6.92. The minimum Gasteiger partial charge on any atom is -0.361 e. The molecule has 3 rings (SSSR count). The first kappa shape index (κ1) is 17.7. The number of benzene rings is 2. The topological polar surface area (TPSA) is 74.0 Å². The van der Waals surface area contributed by atoms with Crippen LogP contribution in [0.3, 0.4) is 0 Å². The highest BCUT2D eigenvalue weighted by Crippen LogP contribution is 2.17. The molecule has 0 radical (unpaired) electrons. The molecule has 0 aliphatic rings. The van der Waals surface area contributed by atoms with E-state index in [9.17, 15) is 9.59 Å². The predicted octanol–water partition coefficient (Wildman–Crippen LogP) is 3.28. The summed E-state index contributed by atoms with van der Waals surface area (Å²) < 4.78 is 0.